The molecule has 1 aromatic rings. The van der Waals surface area contributed by atoms with E-state index in [0.29, 0.717) is 6.61 Å². The van der Waals surface area contributed by atoms with Gasteiger partial charge in [-0.05, 0) is 38.0 Å². The number of benzene rings is 1. The summed E-state index contributed by atoms with van der Waals surface area (Å²) < 4.78 is 5.30. The predicted molar refractivity (Wildman–Crippen MR) is 95.8 cm³/mol. The molecule has 3 nitrogen and oxygen atoms in total. The van der Waals surface area contributed by atoms with Gasteiger partial charge in [-0.25, -0.2) is 0 Å². The van der Waals surface area contributed by atoms with Crippen molar-refractivity contribution in [3.63, 3.8) is 0 Å². The zero-order valence-electron chi connectivity index (χ0n) is 13.3. The minimum Gasteiger partial charge on any atom is -0.465 e. The zero-order valence-corrected chi connectivity index (χ0v) is 15.0. The van der Waals surface area contributed by atoms with Gasteiger partial charge in [0.05, 0.1) is 11.7 Å². The highest BCUT2D eigenvalue weighted by molar-refractivity contribution is 8.13. The molecule has 1 aliphatic heterocycles. The van der Waals surface area contributed by atoms with E-state index < -0.39 is 0 Å². The molecule has 5 heteroatoms. The first-order chi connectivity index (χ1) is 10.6. The molecule has 0 saturated carbocycles. The van der Waals surface area contributed by atoms with Gasteiger partial charge in [-0.3, -0.25) is 9.79 Å². The Morgan fingerprint density at radius 3 is 2.64 bits per heavy atom. The fraction of sp³-hybridized carbons (Fsp3) is 0.412. The van der Waals surface area contributed by atoms with Crippen molar-refractivity contribution in [1.82, 2.24) is 0 Å². The van der Waals surface area contributed by atoms with Gasteiger partial charge in [0.2, 0.25) is 0 Å². The molecule has 1 aromatic carbocycles. The van der Waals surface area contributed by atoms with Crippen LogP contribution < -0.4 is 0 Å². The number of carbonyl (C=O) groups excluding carboxylic acids is 1. The first-order valence-electron chi connectivity index (χ1n) is 7.22. The van der Waals surface area contributed by atoms with E-state index >= 15 is 0 Å². The number of rotatable bonds is 4. The number of esters is 1. The van der Waals surface area contributed by atoms with Gasteiger partial charge >= 0.3 is 5.97 Å². The molecule has 0 saturated heterocycles. The van der Waals surface area contributed by atoms with Crippen molar-refractivity contribution in [2.24, 2.45) is 10.9 Å². The Labute approximate surface area is 140 Å². The van der Waals surface area contributed by atoms with Gasteiger partial charge in [-0.1, -0.05) is 24.3 Å². The average molecular weight is 335 g/mol. The maximum atomic E-state index is 12.5. The second-order valence-corrected chi connectivity index (χ2v) is 6.63. The van der Waals surface area contributed by atoms with Crippen LogP contribution in [0, 0.1) is 5.92 Å². The summed E-state index contributed by atoms with van der Waals surface area (Å²) in [7, 11) is 0. The Balaban J connectivity index is 2.50. The fourth-order valence-electron chi connectivity index (χ4n) is 2.65. The number of hydrogen-bond donors (Lipinski definition) is 0. The highest BCUT2D eigenvalue weighted by Gasteiger charge is 2.37. The molecule has 1 aliphatic rings. The van der Waals surface area contributed by atoms with Crippen molar-refractivity contribution in [3.05, 3.63) is 41.6 Å². The zero-order chi connectivity index (χ0) is 16.1. The third-order valence-electron chi connectivity index (χ3n) is 3.58. The molecule has 2 rings (SSSR count). The standard InChI is InChI=1S/C17H21NO2S2/c1-5-20-17(19)15-13(10-11(2)18-16(15)22-4)12-8-6-7-9-14(12)21-3/h6-10,13,15H,5H2,1-4H3. The van der Waals surface area contributed by atoms with Gasteiger partial charge in [0.25, 0.3) is 0 Å². The molecule has 0 fully saturated rings. The number of thioether (sulfide) groups is 2. The third kappa shape index (κ3) is 3.58. The molecular weight excluding hydrogens is 314 g/mol. The molecule has 0 aromatic heterocycles. The number of carbonyl (C=O) groups is 1. The van der Waals surface area contributed by atoms with Crippen molar-refractivity contribution in [2.75, 3.05) is 19.1 Å². The fourth-order valence-corrected chi connectivity index (χ4v) is 4.04. The monoisotopic (exact) mass is 335 g/mol. The van der Waals surface area contributed by atoms with E-state index in [-0.39, 0.29) is 17.8 Å². The maximum absolute atomic E-state index is 12.5. The van der Waals surface area contributed by atoms with Crippen LogP contribution in [0.2, 0.25) is 0 Å². The summed E-state index contributed by atoms with van der Waals surface area (Å²) in [4.78, 5) is 18.2. The topological polar surface area (TPSA) is 38.7 Å². The van der Waals surface area contributed by atoms with Crippen LogP contribution in [-0.4, -0.2) is 30.1 Å². The van der Waals surface area contributed by atoms with E-state index in [0.717, 1.165) is 16.3 Å². The minimum absolute atomic E-state index is 0.0253. The Morgan fingerprint density at radius 2 is 2.00 bits per heavy atom. The quantitative estimate of drug-likeness (QED) is 0.606. The first kappa shape index (κ1) is 17.2. The minimum atomic E-state index is -0.355. The second-order valence-electron chi connectivity index (χ2n) is 4.96. The normalized spacial score (nSPS) is 21.1. The summed E-state index contributed by atoms with van der Waals surface area (Å²) in [6.07, 6.45) is 6.10. The van der Waals surface area contributed by atoms with Crippen molar-refractivity contribution >= 4 is 34.5 Å². The highest BCUT2D eigenvalue weighted by Crippen LogP contribution is 2.39. The molecule has 0 N–H and O–H groups in total. The number of nitrogens with zero attached hydrogens (tertiary/aromatic N) is 1. The van der Waals surface area contributed by atoms with Gasteiger partial charge in [0.15, 0.2) is 0 Å². The molecule has 2 unspecified atom stereocenters. The SMILES string of the molecule is CCOC(=O)C1C(SC)=NC(C)=CC1c1ccccc1SC. The van der Waals surface area contributed by atoms with Crippen molar-refractivity contribution in [2.45, 2.75) is 24.7 Å². The maximum Gasteiger partial charge on any atom is 0.316 e. The predicted octanol–water partition coefficient (Wildman–Crippen LogP) is 4.35. The largest absolute Gasteiger partial charge is 0.465 e. The number of hydrogen-bond acceptors (Lipinski definition) is 5. The Kier molecular flexibility index (Phi) is 6.15. The average Bonchev–Trinajstić information content (AvgIpc) is 2.53. The van der Waals surface area contributed by atoms with Gasteiger partial charge in [0.1, 0.15) is 5.92 Å². The van der Waals surface area contributed by atoms with E-state index in [1.807, 2.05) is 32.2 Å². The molecule has 22 heavy (non-hydrogen) atoms. The third-order valence-corrected chi connectivity index (χ3v) is 5.16. The smallest absolute Gasteiger partial charge is 0.316 e. The molecule has 1 heterocycles. The van der Waals surface area contributed by atoms with Crippen LogP contribution >= 0.6 is 23.5 Å². The van der Waals surface area contributed by atoms with Crippen LogP contribution in [0.25, 0.3) is 0 Å². The summed E-state index contributed by atoms with van der Waals surface area (Å²) in [5, 5.41) is 0.833. The Bertz CT molecular complexity index is 610. The lowest BCUT2D eigenvalue weighted by atomic mass is 9.84. The van der Waals surface area contributed by atoms with Gasteiger partial charge < -0.3 is 4.74 Å². The van der Waals surface area contributed by atoms with Crippen LogP contribution in [0.15, 0.2) is 45.9 Å². The Morgan fingerprint density at radius 1 is 1.27 bits per heavy atom. The van der Waals surface area contributed by atoms with E-state index in [9.17, 15) is 4.79 Å². The lowest BCUT2D eigenvalue weighted by molar-refractivity contribution is -0.145. The summed E-state index contributed by atoms with van der Waals surface area (Å²) in [6, 6.07) is 8.23. The van der Waals surface area contributed by atoms with Crippen molar-refractivity contribution in [3.8, 4) is 0 Å². The number of allylic oxidation sites excluding steroid dienone is 2. The van der Waals surface area contributed by atoms with Gasteiger partial charge in [-0.2, -0.15) is 0 Å². The van der Waals surface area contributed by atoms with Crippen molar-refractivity contribution < 1.29 is 9.53 Å². The van der Waals surface area contributed by atoms with Crippen LogP contribution in [0.4, 0.5) is 0 Å². The summed E-state index contributed by atoms with van der Waals surface area (Å²) >= 11 is 3.22. The van der Waals surface area contributed by atoms with Gasteiger partial charge in [0, 0.05) is 16.5 Å². The lowest BCUT2D eigenvalue weighted by Crippen LogP contribution is -2.32. The van der Waals surface area contributed by atoms with Crippen LogP contribution in [0.1, 0.15) is 25.3 Å². The molecular formula is C17H21NO2S2. The second kappa shape index (κ2) is 7.88. The van der Waals surface area contributed by atoms with Crippen LogP contribution in [-0.2, 0) is 9.53 Å². The van der Waals surface area contributed by atoms with Crippen molar-refractivity contribution in [1.29, 1.82) is 0 Å². The molecule has 0 amide bonds. The summed E-state index contributed by atoms with van der Waals surface area (Å²) in [5.74, 6) is -0.574. The summed E-state index contributed by atoms with van der Waals surface area (Å²) in [5.41, 5.74) is 2.11. The molecule has 2 atom stereocenters. The lowest BCUT2D eigenvalue weighted by Gasteiger charge is -2.28. The van der Waals surface area contributed by atoms with E-state index in [4.69, 9.17) is 4.74 Å². The molecule has 0 aliphatic carbocycles. The van der Waals surface area contributed by atoms with E-state index in [2.05, 4.69) is 29.5 Å². The summed E-state index contributed by atoms with van der Waals surface area (Å²) in [6.45, 7) is 4.20. The first-order valence-corrected chi connectivity index (χ1v) is 9.67. The Hall–Kier alpha value is -1.20. The highest BCUT2D eigenvalue weighted by atomic mass is 32.2. The molecule has 118 valence electrons. The molecule has 0 spiro atoms. The van der Waals surface area contributed by atoms with E-state index in [1.54, 1.807) is 11.8 Å². The van der Waals surface area contributed by atoms with Crippen LogP contribution in [0.3, 0.4) is 0 Å². The molecule has 0 radical (unpaired) electrons. The van der Waals surface area contributed by atoms with Crippen LogP contribution in [0.5, 0.6) is 0 Å². The number of aliphatic imine (C=N–C) groups is 1. The molecule has 0 bridgehead atoms. The van der Waals surface area contributed by atoms with E-state index in [1.165, 1.54) is 16.7 Å². The number of ether oxygens (including phenoxy) is 1. The van der Waals surface area contributed by atoms with Gasteiger partial charge in [-0.15, -0.1) is 23.5 Å².